The van der Waals surface area contributed by atoms with Crippen molar-refractivity contribution in [2.45, 2.75) is 38.6 Å². The molecule has 0 N–H and O–H groups in total. The van der Waals surface area contributed by atoms with Crippen molar-refractivity contribution in [3.05, 3.63) is 36.4 Å². The second-order valence-electron chi connectivity index (χ2n) is 6.90. The number of carbonyl (C=O) groups excluding carboxylic acids is 2. The molecule has 6 heteroatoms. The summed E-state index contributed by atoms with van der Waals surface area (Å²) in [6.07, 6.45) is 6.89. The SMILES string of the molecule is C=CC(=O)N1CCN(C(=O)c2cnc(C3CC3)nc2)C[C@@H]1C(C)C. The molecule has 128 valence electrons. The monoisotopic (exact) mass is 328 g/mol. The molecule has 2 fully saturated rings. The van der Waals surface area contributed by atoms with Gasteiger partial charge in [-0.3, -0.25) is 9.59 Å². The largest absolute Gasteiger partial charge is 0.335 e. The minimum Gasteiger partial charge on any atom is -0.335 e. The smallest absolute Gasteiger partial charge is 0.257 e. The van der Waals surface area contributed by atoms with E-state index in [1.807, 2.05) is 4.90 Å². The van der Waals surface area contributed by atoms with Crippen LogP contribution in [0.2, 0.25) is 0 Å². The van der Waals surface area contributed by atoms with E-state index in [1.165, 1.54) is 6.08 Å². The molecule has 1 aliphatic carbocycles. The lowest BCUT2D eigenvalue weighted by atomic mass is 9.99. The molecule has 1 aromatic rings. The molecule has 1 atom stereocenters. The van der Waals surface area contributed by atoms with Crippen LogP contribution in [0.3, 0.4) is 0 Å². The highest BCUT2D eigenvalue weighted by molar-refractivity contribution is 5.94. The standard InChI is InChI=1S/C18H24N4O2/c1-4-16(23)22-8-7-21(11-15(22)12(2)3)18(24)14-9-19-17(20-10-14)13-5-6-13/h4,9-10,12-13,15H,1,5-8,11H2,2-3H3/t15-/m1/s1. The van der Waals surface area contributed by atoms with E-state index in [1.54, 1.807) is 17.3 Å². The van der Waals surface area contributed by atoms with Crippen LogP contribution in [0.25, 0.3) is 0 Å². The van der Waals surface area contributed by atoms with Gasteiger partial charge in [0, 0.05) is 37.9 Å². The highest BCUT2D eigenvalue weighted by Gasteiger charge is 2.34. The van der Waals surface area contributed by atoms with Gasteiger partial charge in [0.05, 0.1) is 11.6 Å². The fourth-order valence-corrected chi connectivity index (χ4v) is 3.14. The number of piperazine rings is 1. The molecule has 2 aliphatic rings. The first-order valence-corrected chi connectivity index (χ1v) is 8.55. The molecule has 1 aromatic heterocycles. The Hall–Kier alpha value is -2.24. The van der Waals surface area contributed by atoms with Crippen molar-refractivity contribution in [2.24, 2.45) is 5.92 Å². The molecule has 0 spiro atoms. The normalized spacial score (nSPS) is 21.0. The van der Waals surface area contributed by atoms with Crippen LogP contribution in [0.15, 0.2) is 25.0 Å². The molecular formula is C18H24N4O2. The third kappa shape index (κ3) is 3.32. The Balaban J connectivity index is 1.71. The summed E-state index contributed by atoms with van der Waals surface area (Å²) >= 11 is 0. The van der Waals surface area contributed by atoms with Crippen LogP contribution in [0.1, 0.15) is 48.8 Å². The van der Waals surface area contributed by atoms with Gasteiger partial charge < -0.3 is 9.80 Å². The van der Waals surface area contributed by atoms with E-state index in [9.17, 15) is 9.59 Å². The summed E-state index contributed by atoms with van der Waals surface area (Å²) in [4.78, 5) is 37.0. The van der Waals surface area contributed by atoms with Crippen molar-refractivity contribution in [3.63, 3.8) is 0 Å². The summed E-state index contributed by atoms with van der Waals surface area (Å²) in [5, 5.41) is 0. The minimum atomic E-state index is -0.0714. The zero-order chi connectivity index (χ0) is 17.3. The summed E-state index contributed by atoms with van der Waals surface area (Å²) in [5.74, 6) is 1.45. The average Bonchev–Trinajstić information content (AvgIpc) is 3.45. The van der Waals surface area contributed by atoms with Crippen molar-refractivity contribution in [1.29, 1.82) is 0 Å². The van der Waals surface area contributed by atoms with Gasteiger partial charge in [-0.15, -0.1) is 0 Å². The van der Waals surface area contributed by atoms with E-state index in [2.05, 4.69) is 30.4 Å². The van der Waals surface area contributed by atoms with Crippen molar-refractivity contribution in [3.8, 4) is 0 Å². The summed E-state index contributed by atoms with van der Waals surface area (Å²) in [7, 11) is 0. The van der Waals surface area contributed by atoms with E-state index in [0.717, 1.165) is 18.7 Å². The summed E-state index contributed by atoms with van der Waals surface area (Å²) < 4.78 is 0. The zero-order valence-corrected chi connectivity index (χ0v) is 14.3. The van der Waals surface area contributed by atoms with Gasteiger partial charge in [-0.2, -0.15) is 0 Å². The molecule has 0 bridgehead atoms. The Kier molecular flexibility index (Phi) is 4.64. The molecule has 2 amide bonds. The summed E-state index contributed by atoms with van der Waals surface area (Å²) in [5.41, 5.74) is 0.519. The van der Waals surface area contributed by atoms with Crippen molar-refractivity contribution in [2.75, 3.05) is 19.6 Å². The van der Waals surface area contributed by atoms with Gasteiger partial charge in [-0.1, -0.05) is 20.4 Å². The number of nitrogens with zero attached hydrogens (tertiary/aromatic N) is 4. The van der Waals surface area contributed by atoms with Crippen molar-refractivity contribution in [1.82, 2.24) is 19.8 Å². The maximum absolute atomic E-state index is 12.7. The number of rotatable bonds is 4. The van der Waals surface area contributed by atoms with Gasteiger partial charge in [0.15, 0.2) is 0 Å². The van der Waals surface area contributed by atoms with Gasteiger partial charge in [-0.25, -0.2) is 9.97 Å². The van der Waals surface area contributed by atoms with Crippen molar-refractivity contribution >= 4 is 11.8 Å². The van der Waals surface area contributed by atoms with E-state index >= 15 is 0 Å². The third-order valence-electron chi connectivity index (χ3n) is 4.79. The van der Waals surface area contributed by atoms with Crippen LogP contribution in [0, 0.1) is 5.92 Å². The second kappa shape index (κ2) is 6.71. The molecular weight excluding hydrogens is 304 g/mol. The first-order chi connectivity index (χ1) is 11.5. The van der Waals surface area contributed by atoms with Crippen LogP contribution in [0.4, 0.5) is 0 Å². The first-order valence-electron chi connectivity index (χ1n) is 8.55. The number of hydrogen-bond acceptors (Lipinski definition) is 4. The van der Waals surface area contributed by atoms with Crippen LogP contribution >= 0.6 is 0 Å². The number of aromatic nitrogens is 2. The Morgan fingerprint density at radius 3 is 2.46 bits per heavy atom. The van der Waals surface area contributed by atoms with E-state index in [0.29, 0.717) is 31.1 Å². The number of carbonyl (C=O) groups is 2. The fraction of sp³-hybridized carbons (Fsp3) is 0.556. The van der Waals surface area contributed by atoms with E-state index < -0.39 is 0 Å². The number of hydrogen-bond donors (Lipinski definition) is 0. The molecule has 2 heterocycles. The lowest BCUT2D eigenvalue weighted by molar-refractivity contribution is -0.131. The van der Waals surface area contributed by atoms with E-state index in [-0.39, 0.29) is 23.8 Å². The Bertz CT molecular complexity index is 637. The fourth-order valence-electron chi connectivity index (χ4n) is 3.14. The minimum absolute atomic E-state index is 0.000134. The predicted molar refractivity (Wildman–Crippen MR) is 90.4 cm³/mol. The first kappa shape index (κ1) is 16.6. The molecule has 1 saturated carbocycles. The van der Waals surface area contributed by atoms with Gasteiger partial charge in [0.2, 0.25) is 5.91 Å². The van der Waals surface area contributed by atoms with Crippen molar-refractivity contribution < 1.29 is 9.59 Å². The summed E-state index contributed by atoms with van der Waals surface area (Å²) in [6, 6.07) is -0.000134. The zero-order valence-electron chi connectivity index (χ0n) is 14.3. The van der Waals surface area contributed by atoms with Crippen LogP contribution < -0.4 is 0 Å². The van der Waals surface area contributed by atoms with Crippen LogP contribution in [-0.2, 0) is 4.79 Å². The van der Waals surface area contributed by atoms with E-state index in [4.69, 9.17) is 0 Å². The molecule has 6 nitrogen and oxygen atoms in total. The van der Waals surface area contributed by atoms with Gasteiger partial charge >= 0.3 is 0 Å². The molecule has 0 aromatic carbocycles. The maximum Gasteiger partial charge on any atom is 0.257 e. The van der Waals surface area contributed by atoms with Crippen LogP contribution in [-0.4, -0.2) is 57.3 Å². The Morgan fingerprint density at radius 1 is 1.25 bits per heavy atom. The lowest BCUT2D eigenvalue weighted by Gasteiger charge is -2.43. The molecule has 1 saturated heterocycles. The third-order valence-corrected chi connectivity index (χ3v) is 4.79. The lowest BCUT2D eigenvalue weighted by Crippen LogP contribution is -2.58. The Labute approximate surface area is 142 Å². The molecule has 1 aliphatic heterocycles. The second-order valence-corrected chi connectivity index (χ2v) is 6.90. The highest BCUT2D eigenvalue weighted by atomic mass is 16.2. The molecule has 0 radical (unpaired) electrons. The van der Waals surface area contributed by atoms with Crippen LogP contribution in [0.5, 0.6) is 0 Å². The molecule has 0 unspecified atom stereocenters. The number of amides is 2. The summed E-state index contributed by atoms with van der Waals surface area (Å²) in [6.45, 7) is 9.28. The molecule has 24 heavy (non-hydrogen) atoms. The Morgan fingerprint density at radius 2 is 1.92 bits per heavy atom. The quantitative estimate of drug-likeness (QED) is 0.791. The molecule has 3 rings (SSSR count). The average molecular weight is 328 g/mol. The predicted octanol–water partition coefficient (Wildman–Crippen LogP) is 1.85. The maximum atomic E-state index is 12.7. The van der Waals surface area contributed by atoms with Gasteiger partial charge in [0.25, 0.3) is 5.91 Å². The topological polar surface area (TPSA) is 66.4 Å². The van der Waals surface area contributed by atoms with Gasteiger partial charge in [-0.05, 0) is 24.8 Å². The highest BCUT2D eigenvalue weighted by Crippen LogP contribution is 2.37. The van der Waals surface area contributed by atoms with Gasteiger partial charge in [0.1, 0.15) is 5.82 Å².